The fourth-order valence-corrected chi connectivity index (χ4v) is 5.52. The van der Waals surface area contributed by atoms with Crippen LogP contribution >= 0.6 is 35.3 Å². The zero-order valence-electron chi connectivity index (χ0n) is 18.2. The third kappa shape index (κ3) is 7.20. The van der Waals surface area contributed by atoms with E-state index in [-0.39, 0.29) is 30.5 Å². The number of guanidine groups is 1. The van der Waals surface area contributed by atoms with Crippen LogP contribution in [0.4, 0.5) is 0 Å². The Balaban J connectivity index is 0.00000450. The summed E-state index contributed by atoms with van der Waals surface area (Å²) >= 11 is 1.48. The van der Waals surface area contributed by atoms with Crippen molar-refractivity contribution < 1.29 is 12.9 Å². The molecule has 0 bridgehead atoms. The number of hydrogen-bond donors (Lipinski definition) is 3. The van der Waals surface area contributed by atoms with Gasteiger partial charge in [-0.1, -0.05) is 19.0 Å². The van der Waals surface area contributed by atoms with E-state index >= 15 is 0 Å². The largest absolute Gasteiger partial charge is 0.361 e. The van der Waals surface area contributed by atoms with Gasteiger partial charge in [0.25, 0.3) is 0 Å². The summed E-state index contributed by atoms with van der Waals surface area (Å²) in [5.74, 6) is 1.48. The average Bonchev–Trinajstić information content (AvgIpc) is 3.24. The van der Waals surface area contributed by atoms with Crippen LogP contribution in [0.2, 0.25) is 0 Å². The molecule has 0 radical (unpaired) electrons. The average molecular weight is 570 g/mol. The minimum absolute atomic E-state index is 0. The van der Waals surface area contributed by atoms with Crippen LogP contribution in [0.3, 0.4) is 0 Å². The third-order valence-corrected chi connectivity index (χ3v) is 7.02. The first-order valence-electron chi connectivity index (χ1n) is 9.87. The van der Waals surface area contributed by atoms with Gasteiger partial charge in [-0.2, -0.15) is 0 Å². The Labute approximate surface area is 200 Å². The van der Waals surface area contributed by atoms with Gasteiger partial charge < -0.3 is 15.2 Å². The maximum Gasteiger partial charge on any atom is 0.241 e. The molecule has 2 aromatic rings. The predicted molar refractivity (Wildman–Crippen MR) is 132 cm³/mol. The van der Waals surface area contributed by atoms with Crippen molar-refractivity contribution in [3.8, 4) is 0 Å². The van der Waals surface area contributed by atoms with E-state index in [1.54, 1.807) is 6.07 Å². The highest BCUT2D eigenvalue weighted by atomic mass is 127. The maximum atomic E-state index is 12.5. The standard InChI is InChI=1S/C19H31N5O3S2.HI/c1-6-16-15(17(7-2)27-24-16)12-22-19(20-8-3)21-9-10-23-29(25,26)18-11-13(4)28-14(18)5;/h11,23H,6-10,12H2,1-5H3,(H2,20,21,22);1H. The van der Waals surface area contributed by atoms with Gasteiger partial charge in [0.2, 0.25) is 10.0 Å². The molecule has 0 amide bonds. The number of sulfonamides is 1. The molecule has 3 N–H and O–H groups in total. The summed E-state index contributed by atoms with van der Waals surface area (Å²) in [5, 5.41) is 10.4. The second-order valence-corrected chi connectivity index (χ2v) is 9.73. The Morgan fingerprint density at radius 2 is 1.90 bits per heavy atom. The van der Waals surface area contributed by atoms with E-state index in [4.69, 9.17) is 4.52 Å². The second kappa shape index (κ2) is 12.6. The first-order valence-corrected chi connectivity index (χ1v) is 12.2. The van der Waals surface area contributed by atoms with Crippen LogP contribution in [0.5, 0.6) is 0 Å². The quantitative estimate of drug-likeness (QED) is 0.176. The Bertz CT molecular complexity index is 917. The number of nitrogens with zero attached hydrogens (tertiary/aromatic N) is 2. The SMILES string of the molecule is CCNC(=NCc1c(CC)noc1CC)NCCNS(=O)(=O)c1cc(C)sc1C.I. The number of halogens is 1. The van der Waals surface area contributed by atoms with Gasteiger partial charge in [-0.05, 0) is 33.3 Å². The molecule has 0 aliphatic rings. The molecule has 0 unspecified atom stereocenters. The molecular weight excluding hydrogens is 537 g/mol. The molecule has 0 saturated carbocycles. The lowest BCUT2D eigenvalue weighted by Crippen LogP contribution is -2.41. The molecule has 2 rings (SSSR count). The number of thiophene rings is 1. The van der Waals surface area contributed by atoms with Gasteiger partial charge >= 0.3 is 0 Å². The Morgan fingerprint density at radius 1 is 1.17 bits per heavy atom. The van der Waals surface area contributed by atoms with Crippen LogP contribution in [0, 0.1) is 13.8 Å². The van der Waals surface area contributed by atoms with Gasteiger partial charge in [0.05, 0.1) is 17.1 Å². The van der Waals surface area contributed by atoms with Gasteiger partial charge in [0, 0.05) is 41.4 Å². The van der Waals surface area contributed by atoms with E-state index in [0.29, 0.717) is 30.5 Å². The van der Waals surface area contributed by atoms with Crippen molar-refractivity contribution in [2.45, 2.75) is 58.9 Å². The van der Waals surface area contributed by atoms with Crippen LogP contribution in [0.1, 0.15) is 47.5 Å². The van der Waals surface area contributed by atoms with E-state index in [1.807, 2.05) is 34.6 Å². The van der Waals surface area contributed by atoms with E-state index in [1.165, 1.54) is 11.3 Å². The predicted octanol–water partition coefficient (Wildman–Crippen LogP) is 3.13. The van der Waals surface area contributed by atoms with Crippen LogP contribution in [0.15, 0.2) is 20.5 Å². The van der Waals surface area contributed by atoms with Gasteiger partial charge in [-0.25, -0.2) is 18.1 Å². The molecule has 0 saturated heterocycles. The summed E-state index contributed by atoms with van der Waals surface area (Å²) in [6.45, 7) is 11.6. The van der Waals surface area contributed by atoms with Crippen molar-refractivity contribution in [3.05, 3.63) is 32.8 Å². The van der Waals surface area contributed by atoms with E-state index < -0.39 is 10.0 Å². The molecular formula is C19H32IN5O3S2. The lowest BCUT2D eigenvalue weighted by Gasteiger charge is -2.12. The molecule has 0 spiro atoms. The number of aryl methyl sites for hydroxylation is 4. The third-order valence-electron chi connectivity index (χ3n) is 4.34. The number of rotatable bonds is 10. The molecule has 0 aliphatic heterocycles. The Hall–Kier alpha value is -1.18. The minimum Gasteiger partial charge on any atom is -0.361 e. The summed E-state index contributed by atoms with van der Waals surface area (Å²) in [7, 11) is -3.51. The van der Waals surface area contributed by atoms with Gasteiger partial charge in [-0.15, -0.1) is 35.3 Å². The molecule has 11 heteroatoms. The summed E-state index contributed by atoms with van der Waals surface area (Å²) in [6, 6.07) is 1.71. The molecule has 0 aliphatic carbocycles. The van der Waals surface area contributed by atoms with Crippen molar-refractivity contribution in [2.24, 2.45) is 4.99 Å². The first-order chi connectivity index (χ1) is 13.8. The van der Waals surface area contributed by atoms with Crippen LogP contribution < -0.4 is 15.4 Å². The van der Waals surface area contributed by atoms with Crippen molar-refractivity contribution in [1.82, 2.24) is 20.5 Å². The van der Waals surface area contributed by atoms with Crippen molar-refractivity contribution in [3.63, 3.8) is 0 Å². The van der Waals surface area contributed by atoms with Gasteiger partial charge in [0.15, 0.2) is 5.96 Å². The smallest absolute Gasteiger partial charge is 0.241 e. The highest BCUT2D eigenvalue weighted by Crippen LogP contribution is 2.24. The number of nitrogens with one attached hydrogen (secondary N) is 3. The van der Waals surface area contributed by atoms with E-state index in [9.17, 15) is 8.42 Å². The summed E-state index contributed by atoms with van der Waals surface area (Å²) in [6.07, 6.45) is 1.56. The molecule has 170 valence electrons. The van der Waals surface area contributed by atoms with Crippen molar-refractivity contribution in [1.29, 1.82) is 0 Å². The summed E-state index contributed by atoms with van der Waals surface area (Å²) in [5.41, 5.74) is 1.95. The Morgan fingerprint density at radius 3 is 2.47 bits per heavy atom. The minimum atomic E-state index is -3.51. The highest BCUT2D eigenvalue weighted by Gasteiger charge is 2.18. The molecule has 8 nitrogen and oxygen atoms in total. The van der Waals surface area contributed by atoms with Crippen LogP contribution in [-0.4, -0.2) is 39.2 Å². The lowest BCUT2D eigenvalue weighted by molar-refractivity contribution is 0.380. The molecule has 0 fully saturated rings. The second-order valence-electron chi connectivity index (χ2n) is 6.54. The van der Waals surface area contributed by atoms with Gasteiger partial charge in [-0.3, -0.25) is 0 Å². The van der Waals surface area contributed by atoms with Crippen molar-refractivity contribution in [2.75, 3.05) is 19.6 Å². The van der Waals surface area contributed by atoms with Crippen LogP contribution in [0.25, 0.3) is 0 Å². The zero-order chi connectivity index (χ0) is 21.4. The zero-order valence-corrected chi connectivity index (χ0v) is 22.1. The summed E-state index contributed by atoms with van der Waals surface area (Å²) in [4.78, 5) is 6.73. The molecule has 30 heavy (non-hydrogen) atoms. The molecule has 0 aromatic carbocycles. The van der Waals surface area contributed by atoms with E-state index in [0.717, 1.165) is 39.6 Å². The fraction of sp³-hybridized carbons (Fsp3) is 0.579. The molecule has 0 atom stereocenters. The number of hydrogen-bond acceptors (Lipinski definition) is 6. The fourth-order valence-electron chi connectivity index (χ4n) is 2.93. The first kappa shape index (κ1) is 26.9. The van der Waals surface area contributed by atoms with Crippen molar-refractivity contribution >= 4 is 51.3 Å². The Kier molecular flexibility index (Phi) is 11.3. The topological polar surface area (TPSA) is 109 Å². The maximum absolute atomic E-state index is 12.5. The van der Waals surface area contributed by atoms with Crippen LogP contribution in [-0.2, 0) is 29.4 Å². The highest BCUT2D eigenvalue weighted by molar-refractivity contribution is 14.0. The summed E-state index contributed by atoms with van der Waals surface area (Å²) < 4.78 is 33.0. The lowest BCUT2D eigenvalue weighted by atomic mass is 10.1. The number of aromatic nitrogens is 1. The monoisotopic (exact) mass is 569 g/mol. The molecule has 2 aromatic heterocycles. The normalized spacial score (nSPS) is 12.0. The van der Waals surface area contributed by atoms with E-state index in [2.05, 4.69) is 25.5 Å². The molecule has 2 heterocycles. The number of aliphatic imine (C=N–C) groups is 1. The van der Waals surface area contributed by atoms with Gasteiger partial charge in [0.1, 0.15) is 5.76 Å².